The summed E-state index contributed by atoms with van der Waals surface area (Å²) < 4.78 is 28.7. The van der Waals surface area contributed by atoms with Gasteiger partial charge in [-0.3, -0.25) is 4.79 Å². The smallest absolute Gasteiger partial charge is 0.235 e. The maximum absolute atomic E-state index is 11.7. The molecule has 18 heavy (non-hydrogen) atoms. The Balaban J connectivity index is 2.62. The first-order valence-corrected chi connectivity index (χ1v) is 7.42. The fourth-order valence-electron chi connectivity index (χ4n) is 1.44. The molecule has 1 amide bonds. The molecule has 3 N–H and O–H groups in total. The van der Waals surface area contributed by atoms with Crippen LogP contribution in [-0.4, -0.2) is 26.1 Å². The van der Waals surface area contributed by atoms with Crippen molar-refractivity contribution in [2.75, 3.05) is 5.75 Å². The van der Waals surface area contributed by atoms with Gasteiger partial charge >= 0.3 is 0 Å². The molecule has 0 saturated heterocycles. The van der Waals surface area contributed by atoms with E-state index in [2.05, 4.69) is 5.32 Å². The van der Waals surface area contributed by atoms with Crippen LogP contribution in [-0.2, 0) is 26.9 Å². The highest BCUT2D eigenvalue weighted by Crippen LogP contribution is 2.11. The average molecular weight is 274 g/mol. The van der Waals surface area contributed by atoms with Crippen LogP contribution >= 0.6 is 0 Å². The molecule has 0 spiro atoms. The van der Waals surface area contributed by atoms with E-state index >= 15 is 0 Å². The maximum atomic E-state index is 11.7. The lowest BCUT2D eigenvalue weighted by Crippen LogP contribution is -2.35. The van der Waals surface area contributed by atoms with Crippen LogP contribution in [0.15, 0.2) is 16.5 Å². The van der Waals surface area contributed by atoms with Crippen LogP contribution in [0.1, 0.15) is 25.4 Å². The van der Waals surface area contributed by atoms with Crippen LogP contribution in [0.4, 0.5) is 0 Å². The summed E-state index contributed by atoms with van der Waals surface area (Å²) in [6.45, 7) is 3.75. The molecule has 0 aliphatic carbocycles. The highest BCUT2D eigenvalue weighted by molar-refractivity contribution is 7.91. The lowest BCUT2D eigenvalue weighted by molar-refractivity contribution is -0.119. The molecule has 0 aromatic carbocycles. The van der Waals surface area contributed by atoms with Crippen molar-refractivity contribution < 1.29 is 17.6 Å². The second-order valence-electron chi connectivity index (χ2n) is 4.33. The number of rotatable bonds is 6. The molecule has 6 nitrogen and oxygen atoms in total. The van der Waals surface area contributed by atoms with E-state index in [9.17, 15) is 13.2 Å². The van der Waals surface area contributed by atoms with Gasteiger partial charge in [0.15, 0.2) is 9.84 Å². The summed E-state index contributed by atoms with van der Waals surface area (Å²) in [7, 11) is -3.52. The summed E-state index contributed by atoms with van der Waals surface area (Å²) in [6.07, 6.45) is 0. The molecule has 0 aliphatic rings. The van der Waals surface area contributed by atoms with Crippen molar-refractivity contribution in [3.05, 3.63) is 23.7 Å². The Labute approximate surface area is 106 Å². The van der Waals surface area contributed by atoms with Crippen LogP contribution in [0.3, 0.4) is 0 Å². The van der Waals surface area contributed by atoms with E-state index in [-0.39, 0.29) is 18.3 Å². The highest BCUT2D eigenvalue weighted by Gasteiger charge is 2.19. The molecule has 7 heteroatoms. The topological polar surface area (TPSA) is 102 Å². The van der Waals surface area contributed by atoms with Gasteiger partial charge in [-0.2, -0.15) is 0 Å². The third-order valence-corrected chi connectivity index (χ3v) is 3.51. The lowest BCUT2D eigenvalue weighted by Gasteiger charge is -2.08. The number of nitrogens with one attached hydrogen (secondary N) is 1. The van der Waals surface area contributed by atoms with Crippen LogP contribution in [0.2, 0.25) is 0 Å². The Morgan fingerprint density at radius 3 is 2.50 bits per heavy atom. The molecule has 1 rings (SSSR count). The quantitative estimate of drug-likeness (QED) is 0.770. The van der Waals surface area contributed by atoms with Crippen LogP contribution < -0.4 is 11.1 Å². The van der Waals surface area contributed by atoms with Gasteiger partial charge in [0.1, 0.15) is 23.0 Å². The van der Waals surface area contributed by atoms with Crippen molar-refractivity contribution in [3.8, 4) is 0 Å². The normalized spacial score (nSPS) is 11.8. The van der Waals surface area contributed by atoms with E-state index in [1.165, 1.54) is 0 Å². The Hall–Kier alpha value is -1.34. The van der Waals surface area contributed by atoms with Crippen LogP contribution in [0.5, 0.6) is 0 Å². The Bertz CT molecular complexity index is 505. The SMILES string of the molecule is CC(C)NC(=O)CS(=O)(=O)Cc1ccc(CN)o1. The minimum Gasteiger partial charge on any atom is -0.464 e. The molecule has 0 aliphatic heterocycles. The molecular formula is C11H18N2O4S. The molecule has 1 aromatic rings. The van der Waals surface area contributed by atoms with Crippen molar-refractivity contribution in [2.45, 2.75) is 32.2 Å². The summed E-state index contributed by atoms with van der Waals surface area (Å²) in [6, 6.07) is 3.10. The average Bonchev–Trinajstić information content (AvgIpc) is 2.61. The third-order valence-electron chi connectivity index (χ3n) is 2.08. The zero-order chi connectivity index (χ0) is 13.8. The molecule has 1 aromatic heterocycles. The zero-order valence-electron chi connectivity index (χ0n) is 10.5. The summed E-state index contributed by atoms with van der Waals surface area (Å²) in [5.41, 5.74) is 5.36. The molecule has 0 saturated carbocycles. The molecule has 1 heterocycles. The van der Waals surface area contributed by atoms with Gasteiger partial charge in [0, 0.05) is 6.04 Å². The molecule has 0 atom stereocenters. The van der Waals surface area contributed by atoms with Gasteiger partial charge in [-0.15, -0.1) is 0 Å². The van der Waals surface area contributed by atoms with Crippen LogP contribution in [0, 0.1) is 0 Å². The maximum Gasteiger partial charge on any atom is 0.235 e. The fourth-order valence-corrected chi connectivity index (χ4v) is 2.61. The predicted octanol–water partition coefficient (Wildman–Crippen LogP) is 0.178. The molecule has 0 radical (unpaired) electrons. The number of sulfone groups is 1. The summed E-state index contributed by atoms with van der Waals surface area (Å²) in [5.74, 6) is -0.516. The van der Waals surface area contributed by atoms with Crippen LogP contribution in [0.25, 0.3) is 0 Å². The standard InChI is InChI=1S/C11H18N2O4S/c1-8(2)13-11(14)7-18(15,16)6-10-4-3-9(5-12)17-10/h3-4,8H,5-7,12H2,1-2H3,(H,13,14). The minimum absolute atomic E-state index is 0.0832. The Kier molecular flexibility index (Phi) is 4.92. The monoisotopic (exact) mass is 274 g/mol. The molecule has 0 bridgehead atoms. The first-order valence-electron chi connectivity index (χ1n) is 5.60. The summed E-state index contributed by atoms with van der Waals surface area (Å²) in [4.78, 5) is 11.4. The van der Waals surface area contributed by atoms with E-state index < -0.39 is 21.5 Å². The van der Waals surface area contributed by atoms with Gasteiger partial charge in [0.2, 0.25) is 5.91 Å². The number of amides is 1. The van der Waals surface area contributed by atoms with Gasteiger partial charge in [0.25, 0.3) is 0 Å². The van der Waals surface area contributed by atoms with E-state index in [0.717, 1.165) is 0 Å². The van der Waals surface area contributed by atoms with Gasteiger partial charge in [-0.05, 0) is 26.0 Å². The summed E-state index contributed by atoms with van der Waals surface area (Å²) in [5, 5.41) is 2.53. The van der Waals surface area contributed by atoms with E-state index in [1.807, 2.05) is 0 Å². The second-order valence-corrected chi connectivity index (χ2v) is 6.39. The fraction of sp³-hybridized carbons (Fsp3) is 0.545. The van der Waals surface area contributed by atoms with Gasteiger partial charge in [0.05, 0.1) is 6.54 Å². The van der Waals surface area contributed by atoms with Gasteiger partial charge < -0.3 is 15.5 Å². The minimum atomic E-state index is -3.52. The van der Waals surface area contributed by atoms with Crippen molar-refractivity contribution in [1.82, 2.24) is 5.32 Å². The first-order chi connectivity index (χ1) is 8.32. The van der Waals surface area contributed by atoms with Crippen molar-refractivity contribution >= 4 is 15.7 Å². The lowest BCUT2D eigenvalue weighted by atomic mass is 10.4. The van der Waals surface area contributed by atoms with Crippen molar-refractivity contribution in [2.24, 2.45) is 5.73 Å². The highest BCUT2D eigenvalue weighted by atomic mass is 32.2. The van der Waals surface area contributed by atoms with E-state index in [1.54, 1.807) is 26.0 Å². The molecule has 102 valence electrons. The second kappa shape index (κ2) is 6.01. The van der Waals surface area contributed by atoms with Crippen molar-refractivity contribution in [1.29, 1.82) is 0 Å². The van der Waals surface area contributed by atoms with Gasteiger partial charge in [-0.25, -0.2) is 8.42 Å². The number of hydrogen-bond donors (Lipinski definition) is 2. The summed E-state index contributed by atoms with van der Waals surface area (Å²) >= 11 is 0. The zero-order valence-corrected chi connectivity index (χ0v) is 11.3. The number of nitrogens with two attached hydrogens (primary N) is 1. The van der Waals surface area contributed by atoms with E-state index in [4.69, 9.17) is 10.2 Å². The molecule has 0 fully saturated rings. The number of carbonyl (C=O) groups excluding carboxylic acids is 1. The predicted molar refractivity (Wildman–Crippen MR) is 67.4 cm³/mol. The number of carbonyl (C=O) groups is 1. The largest absolute Gasteiger partial charge is 0.464 e. The Morgan fingerprint density at radius 1 is 1.39 bits per heavy atom. The molecular weight excluding hydrogens is 256 g/mol. The van der Waals surface area contributed by atoms with Crippen molar-refractivity contribution in [3.63, 3.8) is 0 Å². The van der Waals surface area contributed by atoms with E-state index in [0.29, 0.717) is 11.5 Å². The first kappa shape index (κ1) is 14.7. The number of furan rings is 1. The number of hydrogen-bond acceptors (Lipinski definition) is 5. The Morgan fingerprint density at radius 2 is 2.00 bits per heavy atom. The third kappa shape index (κ3) is 4.89. The van der Waals surface area contributed by atoms with Gasteiger partial charge in [-0.1, -0.05) is 0 Å². The molecule has 0 unspecified atom stereocenters.